The van der Waals surface area contributed by atoms with Crippen LogP contribution in [0.4, 0.5) is 0 Å². The Morgan fingerprint density at radius 1 is 0.960 bits per heavy atom. The first-order valence-electron chi connectivity index (χ1n) is 9.34. The van der Waals surface area contributed by atoms with Crippen LogP contribution in [0, 0.1) is 11.8 Å². The van der Waals surface area contributed by atoms with Gasteiger partial charge in [0.1, 0.15) is 0 Å². The van der Waals surface area contributed by atoms with Crippen LogP contribution < -0.4 is 0 Å². The van der Waals surface area contributed by atoms with E-state index in [9.17, 15) is 18.0 Å². The van der Waals surface area contributed by atoms with E-state index >= 15 is 0 Å². The number of hydrogen-bond acceptors (Lipinski definition) is 5. The number of piperidine rings is 2. The highest BCUT2D eigenvalue weighted by Crippen LogP contribution is 2.34. The van der Waals surface area contributed by atoms with E-state index < -0.39 is 10.0 Å². The van der Waals surface area contributed by atoms with Gasteiger partial charge >= 0.3 is 0 Å². The van der Waals surface area contributed by atoms with Gasteiger partial charge in [-0.1, -0.05) is 0 Å². The number of sulfonamides is 1. The number of imide groups is 1. The summed E-state index contributed by atoms with van der Waals surface area (Å²) >= 11 is 0. The first kappa shape index (κ1) is 18.8. The predicted octanol–water partition coefficient (Wildman–Crippen LogP) is 0.517. The number of carbonyl (C=O) groups excluding carboxylic acids is 2. The number of likely N-dealkylation sites (tertiary alicyclic amines) is 2. The molecule has 3 aliphatic rings. The fourth-order valence-electron chi connectivity index (χ4n) is 4.66. The molecule has 0 spiro atoms. The quantitative estimate of drug-likeness (QED) is 0.673. The minimum atomic E-state index is -3.07. The third-order valence-electron chi connectivity index (χ3n) is 6.19. The van der Waals surface area contributed by atoms with Crippen molar-refractivity contribution >= 4 is 21.8 Å². The second-order valence-electron chi connectivity index (χ2n) is 7.57. The van der Waals surface area contributed by atoms with E-state index in [0.29, 0.717) is 37.9 Å². The maximum atomic E-state index is 12.4. The van der Waals surface area contributed by atoms with Gasteiger partial charge in [-0.2, -0.15) is 0 Å². The van der Waals surface area contributed by atoms with E-state index in [4.69, 9.17) is 0 Å². The fourth-order valence-corrected chi connectivity index (χ4v) is 5.54. The van der Waals surface area contributed by atoms with Crippen molar-refractivity contribution in [2.24, 2.45) is 11.8 Å². The SMILES string of the molecule is CCN1C(=O)C[C@H](N2CCC(C3CCN(S(C)(=O)=O)CC3)CC2)C1=O. The first-order valence-corrected chi connectivity index (χ1v) is 11.2. The smallest absolute Gasteiger partial charge is 0.247 e. The van der Waals surface area contributed by atoms with Gasteiger partial charge in [-0.05, 0) is 57.5 Å². The molecule has 2 amide bonds. The van der Waals surface area contributed by atoms with Crippen LogP contribution in [0.25, 0.3) is 0 Å². The average Bonchev–Trinajstić information content (AvgIpc) is 2.88. The normalized spacial score (nSPS) is 28.9. The summed E-state index contributed by atoms with van der Waals surface area (Å²) in [6, 6.07) is -0.263. The first-order chi connectivity index (χ1) is 11.8. The van der Waals surface area contributed by atoms with Gasteiger partial charge in [-0.3, -0.25) is 19.4 Å². The molecule has 3 rings (SSSR count). The number of carbonyl (C=O) groups is 2. The Hall–Kier alpha value is -0.990. The summed E-state index contributed by atoms with van der Waals surface area (Å²) in [5.74, 6) is 1.10. The van der Waals surface area contributed by atoms with Crippen molar-refractivity contribution in [3.05, 3.63) is 0 Å². The number of likely N-dealkylation sites (N-methyl/N-ethyl adjacent to an activating group) is 1. The molecule has 0 radical (unpaired) electrons. The molecule has 0 aromatic rings. The van der Waals surface area contributed by atoms with Crippen LogP contribution in [-0.2, 0) is 19.6 Å². The van der Waals surface area contributed by atoms with Gasteiger partial charge in [0.15, 0.2) is 0 Å². The molecule has 142 valence electrons. The van der Waals surface area contributed by atoms with Crippen LogP contribution in [0.15, 0.2) is 0 Å². The van der Waals surface area contributed by atoms with Gasteiger partial charge in [0.05, 0.1) is 18.7 Å². The molecular weight excluding hydrogens is 342 g/mol. The van der Waals surface area contributed by atoms with Crippen LogP contribution in [-0.4, -0.2) is 79.4 Å². The molecule has 0 bridgehead atoms. The van der Waals surface area contributed by atoms with Crippen molar-refractivity contribution in [2.75, 3.05) is 39.0 Å². The maximum absolute atomic E-state index is 12.4. The van der Waals surface area contributed by atoms with E-state index in [1.165, 1.54) is 11.2 Å². The molecule has 0 aliphatic carbocycles. The zero-order chi connectivity index (χ0) is 18.2. The Morgan fingerprint density at radius 2 is 1.48 bits per heavy atom. The van der Waals surface area contributed by atoms with Crippen LogP contribution in [0.5, 0.6) is 0 Å². The summed E-state index contributed by atoms with van der Waals surface area (Å²) < 4.78 is 24.8. The summed E-state index contributed by atoms with van der Waals surface area (Å²) in [5.41, 5.74) is 0. The van der Waals surface area contributed by atoms with Gasteiger partial charge in [-0.15, -0.1) is 0 Å². The van der Waals surface area contributed by atoms with E-state index in [1.54, 1.807) is 4.31 Å². The number of hydrogen-bond donors (Lipinski definition) is 0. The van der Waals surface area contributed by atoms with Gasteiger partial charge in [0.2, 0.25) is 21.8 Å². The third-order valence-corrected chi connectivity index (χ3v) is 7.49. The van der Waals surface area contributed by atoms with Crippen molar-refractivity contribution in [1.82, 2.24) is 14.1 Å². The molecule has 3 fully saturated rings. The Labute approximate surface area is 150 Å². The average molecular weight is 372 g/mol. The van der Waals surface area contributed by atoms with Gasteiger partial charge in [0, 0.05) is 19.6 Å². The van der Waals surface area contributed by atoms with E-state index in [0.717, 1.165) is 38.8 Å². The highest BCUT2D eigenvalue weighted by molar-refractivity contribution is 7.88. The van der Waals surface area contributed by atoms with Crippen LogP contribution >= 0.6 is 0 Å². The lowest BCUT2D eigenvalue weighted by atomic mass is 9.79. The summed E-state index contributed by atoms with van der Waals surface area (Å²) in [7, 11) is -3.07. The molecule has 0 aromatic heterocycles. The van der Waals surface area contributed by atoms with E-state index in [2.05, 4.69) is 4.90 Å². The Bertz CT molecular complexity index is 620. The van der Waals surface area contributed by atoms with E-state index in [-0.39, 0.29) is 17.9 Å². The molecule has 3 saturated heterocycles. The van der Waals surface area contributed by atoms with Crippen LogP contribution in [0.3, 0.4) is 0 Å². The molecule has 0 N–H and O–H groups in total. The molecule has 3 heterocycles. The van der Waals surface area contributed by atoms with Crippen molar-refractivity contribution in [3.8, 4) is 0 Å². The van der Waals surface area contributed by atoms with Crippen molar-refractivity contribution < 1.29 is 18.0 Å². The lowest BCUT2D eigenvalue weighted by Gasteiger charge is -2.40. The fraction of sp³-hybridized carbons (Fsp3) is 0.882. The van der Waals surface area contributed by atoms with Crippen molar-refractivity contribution in [1.29, 1.82) is 0 Å². The highest BCUT2D eigenvalue weighted by Gasteiger charge is 2.42. The second-order valence-corrected chi connectivity index (χ2v) is 9.55. The summed E-state index contributed by atoms with van der Waals surface area (Å²) in [6.07, 6.45) is 5.54. The molecule has 0 saturated carbocycles. The second kappa shape index (κ2) is 7.32. The van der Waals surface area contributed by atoms with E-state index in [1.807, 2.05) is 6.92 Å². The molecule has 0 aromatic carbocycles. The number of amides is 2. The molecule has 7 nitrogen and oxygen atoms in total. The lowest BCUT2D eigenvalue weighted by molar-refractivity contribution is -0.139. The molecule has 1 atom stereocenters. The monoisotopic (exact) mass is 371 g/mol. The Balaban J connectivity index is 1.50. The van der Waals surface area contributed by atoms with Crippen LogP contribution in [0.2, 0.25) is 0 Å². The summed E-state index contributed by atoms with van der Waals surface area (Å²) in [5, 5.41) is 0. The van der Waals surface area contributed by atoms with Gasteiger partial charge in [-0.25, -0.2) is 12.7 Å². The molecular formula is C17H29N3O4S. The maximum Gasteiger partial charge on any atom is 0.247 e. The highest BCUT2D eigenvalue weighted by atomic mass is 32.2. The summed E-state index contributed by atoms with van der Waals surface area (Å²) in [4.78, 5) is 27.8. The minimum Gasteiger partial charge on any atom is -0.292 e. The number of rotatable bonds is 4. The Kier molecular flexibility index (Phi) is 5.51. The molecule has 0 unspecified atom stereocenters. The third kappa shape index (κ3) is 3.90. The number of nitrogens with zero attached hydrogens (tertiary/aromatic N) is 3. The molecule has 25 heavy (non-hydrogen) atoms. The molecule has 8 heteroatoms. The Morgan fingerprint density at radius 3 is 1.92 bits per heavy atom. The standard InChI is InChI=1S/C17H29N3O4S/c1-3-20-16(21)12-15(17(20)22)18-8-4-13(5-9-18)14-6-10-19(11-7-14)25(2,23)24/h13-15H,3-12H2,1-2H3/t15-/m0/s1. The lowest BCUT2D eigenvalue weighted by Crippen LogP contribution is -2.47. The van der Waals surface area contributed by atoms with Crippen molar-refractivity contribution in [2.45, 2.75) is 45.1 Å². The zero-order valence-electron chi connectivity index (χ0n) is 15.2. The predicted molar refractivity (Wildman–Crippen MR) is 94.2 cm³/mol. The van der Waals surface area contributed by atoms with Gasteiger partial charge < -0.3 is 0 Å². The minimum absolute atomic E-state index is 0.0348. The van der Waals surface area contributed by atoms with Crippen LogP contribution in [0.1, 0.15) is 39.0 Å². The zero-order valence-corrected chi connectivity index (χ0v) is 16.0. The topological polar surface area (TPSA) is 78.0 Å². The summed E-state index contributed by atoms with van der Waals surface area (Å²) in [6.45, 7) is 5.28. The van der Waals surface area contributed by atoms with Crippen molar-refractivity contribution in [3.63, 3.8) is 0 Å². The van der Waals surface area contributed by atoms with Gasteiger partial charge in [0.25, 0.3) is 0 Å². The molecule has 3 aliphatic heterocycles. The largest absolute Gasteiger partial charge is 0.292 e.